The molecule has 2 aromatic rings. The molecule has 2 aliphatic heterocycles. The summed E-state index contributed by atoms with van der Waals surface area (Å²) < 4.78 is 44.0. The fourth-order valence-electron chi connectivity index (χ4n) is 6.66. The van der Waals surface area contributed by atoms with Crippen LogP contribution in [-0.4, -0.2) is 63.0 Å². The fourth-order valence-corrected chi connectivity index (χ4v) is 6.83. The summed E-state index contributed by atoms with van der Waals surface area (Å²) in [6, 6.07) is 2.74. The van der Waals surface area contributed by atoms with Crippen molar-refractivity contribution in [2.45, 2.75) is 116 Å². The molecular weight excluding hydrogens is 606 g/mol. The number of halogens is 3. The molecule has 1 aliphatic carbocycles. The van der Waals surface area contributed by atoms with Gasteiger partial charge < -0.3 is 19.7 Å². The van der Waals surface area contributed by atoms with E-state index < -0.39 is 65.2 Å². The van der Waals surface area contributed by atoms with Crippen molar-refractivity contribution >= 4 is 40.4 Å². The summed E-state index contributed by atoms with van der Waals surface area (Å²) >= 11 is 6.18. The van der Waals surface area contributed by atoms with Crippen molar-refractivity contribution in [3.8, 4) is 5.88 Å². The molecular formula is C33H43ClF2N4O5. The molecule has 2 amide bonds. The van der Waals surface area contributed by atoms with Gasteiger partial charge in [0.15, 0.2) is 11.5 Å². The van der Waals surface area contributed by atoms with E-state index in [-0.39, 0.29) is 42.5 Å². The van der Waals surface area contributed by atoms with E-state index in [2.05, 4.69) is 15.3 Å². The number of fused-ring (bicyclic) bond motifs is 5. The number of carbonyl (C=O) groups is 3. The Morgan fingerprint density at radius 2 is 1.91 bits per heavy atom. The average Bonchev–Trinajstić information content (AvgIpc) is 3.46. The van der Waals surface area contributed by atoms with Crippen molar-refractivity contribution in [3.63, 3.8) is 0 Å². The predicted molar refractivity (Wildman–Crippen MR) is 165 cm³/mol. The zero-order chi connectivity index (χ0) is 32.9. The third kappa shape index (κ3) is 6.88. The average molecular weight is 649 g/mol. The van der Waals surface area contributed by atoms with Crippen LogP contribution in [0.2, 0.25) is 5.02 Å². The summed E-state index contributed by atoms with van der Waals surface area (Å²) in [6.07, 6.45) is 0.693. The molecule has 1 aromatic heterocycles. The second-order valence-electron chi connectivity index (χ2n) is 14.2. The monoisotopic (exact) mass is 648 g/mol. The molecule has 45 heavy (non-hydrogen) atoms. The van der Waals surface area contributed by atoms with Crippen LogP contribution in [0.5, 0.6) is 5.88 Å². The standard InChI is InChI=1S/C33H43ClF2N4O5/c1-7-10-23(41)25-18(2)24-17-40(25)29(42)27(31(3,4)5)39-30(43)45-32(6)16-19(32)11-8-9-14-33(35,36)26-28(44-24)38-22-15-20(34)12-13-21(22)37-26/h12-13,15,18-19,24-25,27H,7-11,14,16-17H2,1-6H3,(H,39,43). The van der Waals surface area contributed by atoms with Gasteiger partial charge in [-0.3, -0.25) is 9.59 Å². The number of alkyl carbamates (subject to hydrolysis) is 1. The zero-order valence-electron chi connectivity index (χ0n) is 26.8. The number of benzene rings is 1. The number of alkyl halides is 2. The Morgan fingerprint density at radius 3 is 2.60 bits per heavy atom. The van der Waals surface area contributed by atoms with Gasteiger partial charge in [0.1, 0.15) is 17.7 Å². The molecule has 9 nitrogen and oxygen atoms in total. The Hall–Kier alpha value is -3.08. The number of nitrogens with one attached hydrogen (secondary N) is 1. The van der Waals surface area contributed by atoms with Crippen LogP contribution in [-0.2, 0) is 20.2 Å². The lowest BCUT2D eigenvalue weighted by atomic mass is 9.85. The summed E-state index contributed by atoms with van der Waals surface area (Å²) in [6.45, 7) is 10.9. The third-order valence-corrected chi connectivity index (χ3v) is 9.69. The van der Waals surface area contributed by atoms with Crippen LogP contribution in [0.1, 0.15) is 92.2 Å². The Kier molecular flexibility index (Phi) is 9.07. The van der Waals surface area contributed by atoms with E-state index in [4.69, 9.17) is 21.1 Å². The maximum Gasteiger partial charge on any atom is 0.408 e. The van der Waals surface area contributed by atoms with Gasteiger partial charge in [-0.1, -0.05) is 52.6 Å². The van der Waals surface area contributed by atoms with Crippen molar-refractivity contribution in [2.75, 3.05) is 6.54 Å². The number of carbonyl (C=O) groups excluding carboxylic acids is 3. The van der Waals surface area contributed by atoms with Crippen LogP contribution in [0.15, 0.2) is 18.2 Å². The molecule has 1 saturated carbocycles. The first-order valence-corrected chi connectivity index (χ1v) is 16.3. The topological polar surface area (TPSA) is 111 Å². The van der Waals surface area contributed by atoms with Gasteiger partial charge in [-0.05, 0) is 56.2 Å². The first kappa shape index (κ1) is 33.3. The molecule has 12 heteroatoms. The number of amides is 2. The van der Waals surface area contributed by atoms with Crippen LogP contribution >= 0.6 is 11.6 Å². The van der Waals surface area contributed by atoms with Gasteiger partial charge in [-0.25, -0.2) is 14.8 Å². The van der Waals surface area contributed by atoms with Crippen molar-refractivity contribution in [2.24, 2.45) is 17.3 Å². The second-order valence-corrected chi connectivity index (χ2v) is 14.6. The van der Waals surface area contributed by atoms with Crippen LogP contribution in [0.25, 0.3) is 11.0 Å². The summed E-state index contributed by atoms with van der Waals surface area (Å²) in [5, 5.41) is 3.16. The SMILES string of the molecule is CCCC(=O)C1C(C)C2CN1C(=O)C(C(C)(C)C)NC(=O)OC1(C)CC1CCCCC(F)(F)c1nc3ccc(Cl)cc3nc1O2. The highest BCUT2D eigenvalue weighted by Crippen LogP contribution is 2.50. The van der Waals surface area contributed by atoms with E-state index in [1.807, 2.05) is 34.6 Å². The van der Waals surface area contributed by atoms with Gasteiger partial charge in [-0.2, -0.15) is 8.78 Å². The van der Waals surface area contributed by atoms with Gasteiger partial charge in [-0.15, -0.1) is 0 Å². The van der Waals surface area contributed by atoms with Crippen LogP contribution in [0, 0.1) is 17.3 Å². The molecule has 1 saturated heterocycles. The molecule has 1 aromatic carbocycles. The quantitative estimate of drug-likeness (QED) is 0.388. The summed E-state index contributed by atoms with van der Waals surface area (Å²) in [4.78, 5) is 51.1. The molecule has 3 aliphatic rings. The maximum absolute atomic E-state index is 16.0. The van der Waals surface area contributed by atoms with E-state index in [1.54, 1.807) is 19.1 Å². The third-order valence-electron chi connectivity index (χ3n) is 9.46. The van der Waals surface area contributed by atoms with Crippen LogP contribution in [0.4, 0.5) is 13.6 Å². The van der Waals surface area contributed by atoms with Crippen LogP contribution < -0.4 is 10.1 Å². The molecule has 6 atom stereocenters. The van der Waals surface area contributed by atoms with E-state index in [0.717, 1.165) is 0 Å². The maximum atomic E-state index is 16.0. The summed E-state index contributed by atoms with van der Waals surface area (Å²) in [5.41, 5.74) is -1.50. The van der Waals surface area contributed by atoms with E-state index in [1.165, 1.54) is 11.0 Å². The highest BCUT2D eigenvalue weighted by molar-refractivity contribution is 6.31. The van der Waals surface area contributed by atoms with Crippen molar-refractivity contribution in [1.29, 1.82) is 0 Å². The number of aromatic nitrogens is 2. The van der Waals surface area contributed by atoms with Gasteiger partial charge in [0.05, 0.1) is 23.6 Å². The molecule has 1 N–H and O–H groups in total. The number of Topliss-reactive ketones (excluding diaryl/α,β-unsaturated/α-hetero) is 1. The van der Waals surface area contributed by atoms with Crippen molar-refractivity contribution < 1.29 is 32.6 Å². The second kappa shape index (κ2) is 12.3. The highest BCUT2D eigenvalue weighted by atomic mass is 35.5. The summed E-state index contributed by atoms with van der Waals surface area (Å²) in [7, 11) is 0. The number of hydrogen-bond donors (Lipinski definition) is 1. The Morgan fingerprint density at radius 1 is 1.18 bits per heavy atom. The Balaban J connectivity index is 1.59. The first-order chi connectivity index (χ1) is 21.0. The molecule has 2 bridgehead atoms. The summed E-state index contributed by atoms with van der Waals surface area (Å²) in [5.74, 6) is -4.87. The Bertz CT molecular complexity index is 1480. The fraction of sp³-hybridized carbons (Fsp3) is 0.667. The molecule has 6 unspecified atom stereocenters. The number of hydrogen-bond acceptors (Lipinski definition) is 7. The number of nitrogens with zero attached hydrogens (tertiary/aromatic N) is 3. The molecule has 2 fully saturated rings. The normalized spacial score (nSPS) is 30.7. The molecule has 0 radical (unpaired) electrons. The lowest BCUT2D eigenvalue weighted by Gasteiger charge is -2.35. The van der Waals surface area contributed by atoms with E-state index in [0.29, 0.717) is 36.2 Å². The van der Waals surface area contributed by atoms with Crippen molar-refractivity contribution in [3.05, 3.63) is 28.9 Å². The number of ketones is 1. The van der Waals surface area contributed by atoms with Crippen molar-refractivity contribution in [1.82, 2.24) is 20.2 Å². The van der Waals surface area contributed by atoms with E-state index in [9.17, 15) is 14.4 Å². The lowest BCUT2D eigenvalue weighted by molar-refractivity contribution is -0.142. The van der Waals surface area contributed by atoms with Crippen LogP contribution in [0.3, 0.4) is 0 Å². The highest BCUT2D eigenvalue weighted by Gasteiger charge is 2.55. The first-order valence-electron chi connectivity index (χ1n) is 15.9. The Labute approximate surface area is 267 Å². The number of ether oxygens (including phenoxy) is 2. The number of rotatable bonds is 3. The minimum absolute atomic E-state index is 0.0277. The minimum atomic E-state index is -3.36. The molecule has 3 heterocycles. The molecule has 0 spiro atoms. The van der Waals surface area contributed by atoms with Gasteiger partial charge in [0.25, 0.3) is 5.92 Å². The lowest BCUT2D eigenvalue weighted by Crippen LogP contribution is -2.57. The smallest absolute Gasteiger partial charge is 0.408 e. The van der Waals surface area contributed by atoms with E-state index >= 15 is 8.78 Å². The molecule has 5 rings (SSSR count). The molecule has 246 valence electrons. The van der Waals surface area contributed by atoms with Gasteiger partial charge in [0.2, 0.25) is 11.8 Å². The zero-order valence-corrected chi connectivity index (χ0v) is 27.5. The van der Waals surface area contributed by atoms with Gasteiger partial charge in [0, 0.05) is 29.7 Å². The van der Waals surface area contributed by atoms with Gasteiger partial charge >= 0.3 is 6.09 Å². The predicted octanol–water partition coefficient (Wildman–Crippen LogP) is 6.83. The minimum Gasteiger partial charge on any atom is -0.471 e. The largest absolute Gasteiger partial charge is 0.471 e.